The molecule has 0 amide bonds. The Balaban J connectivity index is 3.16. The summed E-state index contributed by atoms with van der Waals surface area (Å²) in [4.78, 5) is 0. The van der Waals surface area contributed by atoms with Gasteiger partial charge in [-0.3, -0.25) is 0 Å². The van der Waals surface area contributed by atoms with E-state index in [-0.39, 0.29) is 6.42 Å². The lowest BCUT2D eigenvalue weighted by molar-refractivity contribution is -0.135. The van der Waals surface area contributed by atoms with Gasteiger partial charge in [-0.2, -0.15) is 24.9 Å². The molecule has 96 valence electrons. The minimum absolute atomic E-state index is 0.240. The van der Waals surface area contributed by atoms with E-state index in [1.54, 1.807) is 11.8 Å². The largest absolute Gasteiger partial charge is 0.516 e. The summed E-state index contributed by atoms with van der Waals surface area (Å²) in [6.07, 6.45) is -0.883. The quantitative estimate of drug-likeness (QED) is 0.502. The maximum atomic E-state index is 11.8. The van der Waals surface area contributed by atoms with Crippen LogP contribution >= 0.6 is 11.8 Å². The Bertz CT molecular complexity index is 202. The number of aliphatic hydroxyl groups is 1. The maximum absolute atomic E-state index is 11.8. The van der Waals surface area contributed by atoms with E-state index in [1.807, 2.05) is 6.92 Å². The molecule has 0 radical (unpaired) electrons. The molecule has 0 atom stereocenters. The first-order chi connectivity index (χ1) is 7.45. The van der Waals surface area contributed by atoms with Crippen LogP contribution in [0.3, 0.4) is 0 Å². The monoisotopic (exact) mass is 256 g/mol. The van der Waals surface area contributed by atoms with Gasteiger partial charge in [-0.25, -0.2) is 0 Å². The highest BCUT2D eigenvalue weighted by molar-refractivity contribution is 7.99. The number of aliphatic hydroxyl groups excluding tert-OH is 1. The molecule has 0 unspecified atom stereocenters. The van der Waals surface area contributed by atoms with Crippen LogP contribution in [0.4, 0.5) is 13.2 Å². The number of rotatable bonds is 8. The van der Waals surface area contributed by atoms with Gasteiger partial charge in [0.05, 0.1) is 6.26 Å². The Morgan fingerprint density at radius 2 is 1.81 bits per heavy atom. The van der Waals surface area contributed by atoms with Crippen molar-refractivity contribution in [1.29, 1.82) is 0 Å². The van der Waals surface area contributed by atoms with Crippen molar-refractivity contribution in [2.45, 2.75) is 45.2 Å². The first kappa shape index (κ1) is 15.7. The summed E-state index contributed by atoms with van der Waals surface area (Å²) in [5.74, 6) is 1.73. The first-order valence-corrected chi connectivity index (χ1v) is 6.55. The fraction of sp³-hybridized carbons (Fsp3) is 0.818. The number of hydrogen-bond donors (Lipinski definition) is 1. The fourth-order valence-electron chi connectivity index (χ4n) is 1.15. The number of unbranched alkanes of at least 4 members (excludes halogenated alkanes) is 3. The average Bonchev–Trinajstić information content (AvgIpc) is 2.20. The van der Waals surface area contributed by atoms with Crippen LogP contribution in [-0.4, -0.2) is 22.8 Å². The third kappa shape index (κ3) is 11.8. The highest BCUT2D eigenvalue weighted by Gasteiger charge is 2.25. The zero-order chi connectivity index (χ0) is 12.4. The maximum Gasteiger partial charge on any atom is 0.389 e. The predicted molar refractivity (Wildman–Crippen MR) is 62.9 cm³/mol. The molecule has 0 aliphatic rings. The Morgan fingerprint density at radius 1 is 1.19 bits per heavy atom. The number of thioether (sulfide) groups is 1. The van der Waals surface area contributed by atoms with Gasteiger partial charge < -0.3 is 5.11 Å². The summed E-state index contributed by atoms with van der Waals surface area (Å²) in [7, 11) is 0. The topological polar surface area (TPSA) is 20.2 Å². The summed E-state index contributed by atoms with van der Waals surface area (Å²) in [5, 5.41) is 8.60. The SMILES string of the molecule is C/C(=C/O)CSCCCCCCC(F)(F)F. The van der Waals surface area contributed by atoms with E-state index in [2.05, 4.69) is 0 Å². The number of alkyl halides is 3. The van der Waals surface area contributed by atoms with Gasteiger partial charge in [0.1, 0.15) is 0 Å². The lowest BCUT2D eigenvalue weighted by atomic mass is 10.1. The molecule has 1 N–H and O–H groups in total. The van der Waals surface area contributed by atoms with Gasteiger partial charge in [-0.05, 0) is 31.1 Å². The molecule has 0 saturated carbocycles. The van der Waals surface area contributed by atoms with Gasteiger partial charge in [0, 0.05) is 12.2 Å². The molecule has 5 heteroatoms. The second-order valence-corrected chi connectivity index (χ2v) is 4.91. The molecule has 0 heterocycles. The molecule has 0 spiro atoms. The average molecular weight is 256 g/mol. The third-order valence-corrected chi connectivity index (χ3v) is 3.29. The molecule has 0 bridgehead atoms. The van der Waals surface area contributed by atoms with E-state index < -0.39 is 12.6 Å². The standard InChI is InChI=1S/C11H19F3OS/c1-10(8-15)9-16-7-5-3-2-4-6-11(12,13)14/h8,15H,2-7,9H2,1H3/b10-8-. The van der Waals surface area contributed by atoms with E-state index in [1.165, 1.54) is 0 Å². The second kappa shape index (κ2) is 8.79. The molecule has 0 aromatic carbocycles. The van der Waals surface area contributed by atoms with E-state index in [0.717, 1.165) is 36.2 Å². The van der Waals surface area contributed by atoms with Crippen molar-refractivity contribution >= 4 is 11.8 Å². The highest BCUT2D eigenvalue weighted by Crippen LogP contribution is 2.23. The van der Waals surface area contributed by atoms with Crippen LogP contribution in [0.1, 0.15) is 39.0 Å². The van der Waals surface area contributed by atoms with Gasteiger partial charge in [0.2, 0.25) is 0 Å². The van der Waals surface area contributed by atoms with Crippen LogP contribution in [0.15, 0.2) is 11.8 Å². The van der Waals surface area contributed by atoms with Crippen LogP contribution < -0.4 is 0 Å². The summed E-state index contributed by atoms with van der Waals surface area (Å²) in [5.41, 5.74) is 0.919. The Kier molecular flexibility index (Phi) is 8.61. The van der Waals surface area contributed by atoms with Crippen LogP contribution in [-0.2, 0) is 0 Å². The van der Waals surface area contributed by atoms with Crippen molar-refractivity contribution in [3.8, 4) is 0 Å². The Morgan fingerprint density at radius 3 is 2.38 bits per heavy atom. The predicted octanol–water partition coefficient (Wildman–Crippen LogP) is 4.69. The van der Waals surface area contributed by atoms with Crippen molar-refractivity contribution in [3.63, 3.8) is 0 Å². The molecule has 16 heavy (non-hydrogen) atoms. The minimum Gasteiger partial charge on any atom is -0.516 e. The normalized spacial score (nSPS) is 13.1. The van der Waals surface area contributed by atoms with Crippen molar-refractivity contribution < 1.29 is 18.3 Å². The second-order valence-electron chi connectivity index (χ2n) is 3.81. The zero-order valence-electron chi connectivity index (χ0n) is 9.52. The first-order valence-electron chi connectivity index (χ1n) is 5.40. The lowest BCUT2D eigenvalue weighted by Crippen LogP contribution is -2.06. The van der Waals surface area contributed by atoms with Crippen molar-refractivity contribution in [2.75, 3.05) is 11.5 Å². The summed E-state index contributed by atoms with van der Waals surface area (Å²) in [6.45, 7) is 1.84. The molecule has 0 fully saturated rings. The molecule has 0 aliphatic heterocycles. The third-order valence-electron chi connectivity index (χ3n) is 2.05. The van der Waals surface area contributed by atoms with E-state index >= 15 is 0 Å². The molecule has 0 aromatic rings. The minimum atomic E-state index is -4.00. The van der Waals surface area contributed by atoms with Gasteiger partial charge in [0.25, 0.3) is 0 Å². The van der Waals surface area contributed by atoms with Crippen LogP contribution in [0.2, 0.25) is 0 Å². The number of halogens is 3. The van der Waals surface area contributed by atoms with Crippen LogP contribution in [0, 0.1) is 0 Å². The molecule has 1 nitrogen and oxygen atoms in total. The van der Waals surface area contributed by atoms with E-state index in [9.17, 15) is 13.2 Å². The summed E-state index contributed by atoms with van der Waals surface area (Å²) in [6, 6.07) is 0. The van der Waals surface area contributed by atoms with Crippen molar-refractivity contribution in [3.05, 3.63) is 11.8 Å². The highest BCUT2D eigenvalue weighted by atomic mass is 32.2. The van der Waals surface area contributed by atoms with Crippen molar-refractivity contribution in [1.82, 2.24) is 0 Å². The molecule has 0 aliphatic carbocycles. The molecular formula is C11H19F3OS. The van der Waals surface area contributed by atoms with Gasteiger partial charge in [0.15, 0.2) is 0 Å². The molecule has 0 aromatic heterocycles. The molecule has 0 rings (SSSR count). The molecular weight excluding hydrogens is 237 g/mol. The Labute approximate surface area is 99.1 Å². The fourth-order valence-corrected chi connectivity index (χ4v) is 2.10. The van der Waals surface area contributed by atoms with Gasteiger partial charge >= 0.3 is 6.18 Å². The zero-order valence-corrected chi connectivity index (χ0v) is 10.3. The number of hydrogen-bond acceptors (Lipinski definition) is 2. The molecule has 0 saturated heterocycles. The smallest absolute Gasteiger partial charge is 0.389 e. The summed E-state index contributed by atoms with van der Waals surface area (Å²) < 4.78 is 35.3. The van der Waals surface area contributed by atoms with Gasteiger partial charge in [-0.15, -0.1) is 0 Å². The van der Waals surface area contributed by atoms with E-state index in [4.69, 9.17) is 5.11 Å². The van der Waals surface area contributed by atoms with Crippen LogP contribution in [0.25, 0.3) is 0 Å². The summed E-state index contributed by atoms with van der Waals surface area (Å²) >= 11 is 1.70. The van der Waals surface area contributed by atoms with E-state index in [0.29, 0.717) is 6.42 Å². The van der Waals surface area contributed by atoms with Crippen molar-refractivity contribution in [2.24, 2.45) is 0 Å². The van der Waals surface area contributed by atoms with Gasteiger partial charge in [-0.1, -0.05) is 12.8 Å². The Hall–Kier alpha value is -0.320. The lowest BCUT2D eigenvalue weighted by Gasteiger charge is -2.05. The van der Waals surface area contributed by atoms with Crippen LogP contribution in [0.5, 0.6) is 0 Å².